The van der Waals surface area contributed by atoms with Gasteiger partial charge in [-0.25, -0.2) is 0 Å². The highest BCUT2D eigenvalue weighted by Crippen LogP contribution is 2.30. The van der Waals surface area contributed by atoms with Crippen molar-refractivity contribution in [3.05, 3.63) is 0 Å². The normalized spacial score (nSPS) is 34.6. The molecule has 192 valence electrons. The fraction of sp³-hybridized carbons (Fsp3) is 0.909. The summed E-state index contributed by atoms with van der Waals surface area (Å²) in [6.45, 7) is 5.08. The molecule has 11 heteroatoms. The number of nitrogens with zero attached hydrogens (tertiary/aromatic N) is 1. The quantitative estimate of drug-likeness (QED) is 0.214. The molecule has 33 heavy (non-hydrogen) atoms. The summed E-state index contributed by atoms with van der Waals surface area (Å²) < 4.78 is 5.93. The zero-order valence-corrected chi connectivity index (χ0v) is 21.0. The Bertz CT molecular complexity index is 642. The van der Waals surface area contributed by atoms with Crippen molar-refractivity contribution in [3.63, 3.8) is 0 Å². The van der Waals surface area contributed by atoms with Gasteiger partial charge in [0.2, 0.25) is 11.8 Å². The number of thioether (sulfide) groups is 1. The first-order valence-electron chi connectivity index (χ1n) is 11.9. The van der Waals surface area contributed by atoms with Gasteiger partial charge in [0.1, 0.15) is 29.9 Å². The highest BCUT2D eigenvalue weighted by Gasteiger charge is 2.48. The Hall–Kier alpha value is -0.950. The molecule has 2 unspecified atom stereocenters. The average Bonchev–Trinajstić information content (AvgIpc) is 3.15. The average molecular weight is 491 g/mol. The lowest BCUT2D eigenvalue weighted by atomic mass is 9.90. The van der Waals surface area contributed by atoms with Gasteiger partial charge in [0, 0.05) is 19.0 Å². The van der Waals surface area contributed by atoms with Crippen molar-refractivity contribution in [3.8, 4) is 0 Å². The standard InChI is InChI=1S/C22H42N4O6S/c1-5-7-13-10-14(26(3)11-13)21(31)25-16(12(2)24-15(27)8-6-9-23)20-18(29)17(28)19(30)22(32-20)33-4/h12-14,16-20,22,28-30H,5-11,23H2,1-4H3,(H,24,27)(H,25,31)/t12-,13+,14-,16+,17+,18?,19+,20+,22?/m0/s1. The molecule has 0 aliphatic carbocycles. The first-order valence-corrected chi connectivity index (χ1v) is 13.2. The molecule has 2 saturated heterocycles. The molecule has 0 aromatic carbocycles. The molecule has 2 aliphatic heterocycles. The summed E-state index contributed by atoms with van der Waals surface area (Å²) in [5.41, 5.74) is 4.71. The molecule has 0 spiro atoms. The summed E-state index contributed by atoms with van der Waals surface area (Å²) in [7, 11) is 1.92. The number of ether oxygens (including phenoxy) is 1. The van der Waals surface area contributed by atoms with Gasteiger partial charge in [-0.3, -0.25) is 14.5 Å². The first kappa shape index (κ1) is 28.3. The number of rotatable bonds is 11. The second kappa shape index (κ2) is 13.2. The number of likely N-dealkylation sites (tertiary alicyclic amines) is 1. The Morgan fingerprint density at radius 3 is 2.52 bits per heavy atom. The Morgan fingerprint density at radius 1 is 1.21 bits per heavy atom. The number of likely N-dealkylation sites (N-methyl/N-ethyl adjacent to an activating group) is 1. The third kappa shape index (κ3) is 7.27. The summed E-state index contributed by atoms with van der Waals surface area (Å²) in [6, 6.07) is -1.73. The fourth-order valence-corrected chi connectivity index (χ4v) is 5.50. The molecule has 2 amide bonds. The van der Waals surface area contributed by atoms with Crippen LogP contribution in [0.1, 0.15) is 46.0 Å². The van der Waals surface area contributed by atoms with E-state index >= 15 is 0 Å². The number of amides is 2. The van der Waals surface area contributed by atoms with Crippen molar-refractivity contribution in [2.75, 3.05) is 26.4 Å². The molecule has 2 fully saturated rings. The second-order valence-corrected chi connectivity index (χ2v) is 10.2. The van der Waals surface area contributed by atoms with Gasteiger partial charge in [-0.1, -0.05) is 13.3 Å². The molecule has 2 rings (SSSR count). The van der Waals surface area contributed by atoms with Crippen molar-refractivity contribution in [1.82, 2.24) is 15.5 Å². The van der Waals surface area contributed by atoms with Crippen LogP contribution in [-0.4, -0.2) is 106 Å². The van der Waals surface area contributed by atoms with Crippen molar-refractivity contribution in [1.29, 1.82) is 0 Å². The Labute approximate surface area is 201 Å². The third-order valence-electron chi connectivity index (χ3n) is 6.67. The van der Waals surface area contributed by atoms with Gasteiger partial charge in [-0.05, 0) is 52.0 Å². The number of nitrogens with two attached hydrogens (primary N) is 1. The van der Waals surface area contributed by atoms with Gasteiger partial charge >= 0.3 is 0 Å². The van der Waals surface area contributed by atoms with Crippen LogP contribution in [0.2, 0.25) is 0 Å². The number of hydrogen-bond donors (Lipinski definition) is 6. The van der Waals surface area contributed by atoms with Gasteiger partial charge in [0.15, 0.2) is 0 Å². The third-order valence-corrected chi connectivity index (χ3v) is 7.53. The SMILES string of the molecule is CCC[C@@H]1C[C@@H](C(=O)N[C@H]([C@H](C)NC(=O)CCCN)[C@H]2OC(SC)[C@H](O)[C@H](O)C2O)N(C)C1. The summed E-state index contributed by atoms with van der Waals surface area (Å²) in [5.74, 6) is 0.0127. The highest BCUT2D eigenvalue weighted by molar-refractivity contribution is 7.99. The lowest BCUT2D eigenvalue weighted by molar-refractivity contribution is -0.207. The van der Waals surface area contributed by atoms with Crippen LogP contribution in [0.15, 0.2) is 0 Å². The number of carbonyl (C=O) groups is 2. The van der Waals surface area contributed by atoms with E-state index in [4.69, 9.17) is 10.5 Å². The molecule has 7 N–H and O–H groups in total. The van der Waals surface area contributed by atoms with Crippen molar-refractivity contribution >= 4 is 23.6 Å². The Morgan fingerprint density at radius 2 is 1.91 bits per heavy atom. The summed E-state index contributed by atoms with van der Waals surface area (Å²) >= 11 is 1.20. The minimum absolute atomic E-state index is 0.207. The van der Waals surface area contributed by atoms with E-state index in [1.165, 1.54) is 11.8 Å². The lowest BCUT2D eigenvalue weighted by Gasteiger charge is -2.45. The Balaban J connectivity index is 2.21. The van der Waals surface area contributed by atoms with Crippen LogP contribution in [0, 0.1) is 5.92 Å². The maximum atomic E-state index is 13.3. The van der Waals surface area contributed by atoms with E-state index in [1.54, 1.807) is 13.2 Å². The molecule has 0 radical (unpaired) electrons. The van der Waals surface area contributed by atoms with Crippen molar-refractivity contribution in [2.45, 2.75) is 93.9 Å². The van der Waals surface area contributed by atoms with E-state index in [1.807, 2.05) is 11.9 Å². The lowest BCUT2D eigenvalue weighted by Crippen LogP contribution is -2.67. The zero-order chi connectivity index (χ0) is 24.7. The molecule has 0 aromatic rings. The number of aliphatic hydroxyl groups is 3. The monoisotopic (exact) mass is 490 g/mol. The largest absolute Gasteiger partial charge is 0.388 e. The predicted octanol–water partition coefficient (Wildman–Crippen LogP) is -0.994. The molecule has 2 heterocycles. The van der Waals surface area contributed by atoms with Crippen LogP contribution in [0.3, 0.4) is 0 Å². The maximum absolute atomic E-state index is 13.3. The fourth-order valence-electron chi connectivity index (χ4n) is 4.83. The van der Waals surface area contributed by atoms with Crippen molar-refractivity contribution < 1.29 is 29.6 Å². The van der Waals surface area contributed by atoms with Gasteiger partial charge < -0.3 is 36.4 Å². The molecule has 2 aliphatic rings. The van der Waals surface area contributed by atoms with Gasteiger partial charge in [0.25, 0.3) is 0 Å². The van der Waals surface area contributed by atoms with Gasteiger partial charge in [0.05, 0.1) is 12.1 Å². The molecule has 0 saturated carbocycles. The van der Waals surface area contributed by atoms with Gasteiger partial charge in [-0.15, -0.1) is 11.8 Å². The highest BCUT2D eigenvalue weighted by atomic mass is 32.2. The van der Waals surface area contributed by atoms with E-state index in [9.17, 15) is 24.9 Å². The van der Waals surface area contributed by atoms with Crippen LogP contribution >= 0.6 is 11.8 Å². The van der Waals surface area contributed by atoms with Crippen LogP contribution in [0.25, 0.3) is 0 Å². The predicted molar refractivity (Wildman–Crippen MR) is 127 cm³/mol. The number of nitrogens with one attached hydrogen (secondary N) is 2. The minimum Gasteiger partial charge on any atom is -0.388 e. The minimum atomic E-state index is -1.44. The molecule has 0 aromatic heterocycles. The smallest absolute Gasteiger partial charge is 0.237 e. The van der Waals surface area contributed by atoms with E-state index in [0.717, 1.165) is 25.8 Å². The molecule has 0 bridgehead atoms. The maximum Gasteiger partial charge on any atom is 0.237 e. The topological polar surface area (TPSA) is 157 Å². The van der Waals surface area contributed by atoms with Crippen molar-refractivity contribution in [2.24, 2.45) is 11.7 Å². The number of carbonyl (C=O) groups excluding carboxylic acids is 2. The second-order valence-electron chi connectivity index (χ2n) is 9.31. The summed E-state index contributed by atoms with van der Waals surface area (Å²) in [6.07, 6.45) is 0.174. The van der Waals surface area contributed by atoms with E-state index < -0.39 is 41.9 Å². The van der Waals surface area contributed by atoms with Crippen LogP contribution < -0.4 is 16.4 Å². The van der Waals surface area contributed by atoms with E-state index in [0.29, 0.717) is 18.9 Å². The number of aliphatic hydroxyl groups excluding tert-OH is 3. The van der Waals surface area contributed by atoms with Crippen LogP contribution in [-0.2, 0) is 14.3 Å². The molecular formula is C22H42N4O6S. The Kier molecular flexibility index (Phi) is 11.3. The summed E-state index contributed by atoms with van der Waals surface area (Å²) in [4.78, 5) is 27.7. The van der Waals surface area contributed by atoms with E-state index in [2.05, 4.69) is 17.6 Å². The first-order chi connectivity index (χ1) is 15.6. The van der Waals surface area contributed by atoms with Crippen LogP contribution in [0.5, 0.6) is 0 Å². The number of hydrogen-bond acceptors (Lipinski definition) is 9. The van der Waals surface area contributed by atoms with Gasteiger partial charge in [-0.2, -0.15) is 0 Å². The molecule has 10 nitrogen and oxygen atoms in total. The molecule has 9 atom stereocenters. The molecular weight excluding hydrogens is 448 g/mol. The van der Waals surface area contributed by atoms with E-state index in [-0.39, 0.29) is 24.3 Å². The summed E-state index contributed by atoms with van der Waals surface area (Å²) in [5, 5.41) is 37.2. The van der Waals surface area contributed by atoms with Crippen LogP contribution in [0.4, 0.5) is 0 Å². The zero-order valence-electron chi connectivity index (χ0n) is 20.1.